The van der Waals surface area contributed by atoms with Crippen LogP contribution in [0.15, 0.2) is 36.5 Å². The van der Waals surface area contributed by atoms with E-state index in [9.17, 15) is 9.90 Å². The van der Waals surface area contributed by atoms with Gasteiger partial charge in [0.05, 0.1) is 17.5 Å². The van der Waals surface area contributed by atoms with E-state index in [0.29, 0.717) is 17.9 Å². The minimum Gasteiger partial charge on any atom is -0.478 e. The Hall–Kier alpha value is -2.75. The van der Waals surface area contributed by atoms with Crippen LogP contribution in [0.3, 0.4) is 0 Å². The summed E-state index contributed by atoms with van der Waals surface area (Å²) in [6.45, 7) is 8.23. The van der Waals surface area contributed by atoms with Crippen LogP contribution in [0.5, 0.6) is 0 Å². The van der Waals surface area contributed by atoms with Gasteiger partial charge in [-0.05, 0) is 53.6 Å². The first-order valence-electron chi connectivity index (χ1n) is 8.55. The van der Waals surface area contributed by atoms with E-state index < -0.39 is 5.97 Å². The van der Waals surface area contributed by atoms with Gasteiger partial charge in [0, 0.05) is 10.8 Å². The lowest BCUT2D eigenvalue weighted by atomic mass is 9.89. The van der Waals surface area contributed by atoms with Crippen LogP contribution < -0.4 is 0 Å². The molecule has 4 nitrogen and oxygen atoms in total. The monoisotopic (exact) mass is 334 g/mol. The fraction of sp³-hybridized carbons (Fsp3) is 0.286. The number of benzene rings is 2. The molecule has 1 N–H and O–H groups in total. The molecule has 0 atom stereocenters. The molecular formula is C21H22N2O2. The van der Waals surface area contributed by atoms with Gasteiger partial charge in [-0.25, -0.2) is 4.79 Å². The van der Waals surface area contributed by atoms with Crippen molar-refractivity contribution in [3.63, 3.8) is 0 Å². The Morgan fingerprint density at radius 1 is 1.20 bits per heavy atom. The zero-order valence-electron chi connectivity index (χ0n) is 15.0. The lowest BCUT2D eigenvalue weighted by Gasteiger charge is -2.16. The number of hydrogen-bond acceptors (Lipinski definition) is 3. The second kappa shape index (κ2) is 6.63. The molecule has 25 heavy (non-hydrogen) atoms. The number of aryl methyl sites for hydroxylation is 1. The third-order valence-electron chi connectivity index (χ3n) is 4.63. The first-order valence-corrected chi connectivity index (χ1v) is 8.55. The first kappa shape index (κ1) is 17.1. The van der Waals surface area contributed by atoms with Crippen molar-refractivity contribution in [2.75, 3.05) is 0 Å². The molecule has 1 heterocycles. The van der Waals surface area contributed by atoms with Gasteiger partial charge in [-0.2, -0.15) is 10.2 Å². The summed E-state index contributed by atoms with van der Waals surface area (Å²) in [7, 11) is 0. The zero-order chi connectivity index (χ0) is 18.1. The third kappa shape index (κ3) is 3.00. The van der Waals surface area contributed by atoms with Crippen molar-refractivity contribution in [1.29, 1.82) is 0 Å². The average molecular weight is 334 g/mol. The van der Waals surface area contributed by atoms with Crippen molar-refractivity contribution in [2.24, 2.45) is 0 Å². The molecule has 4 heteroatoms. The van der Waals surface area contributed by atoms with Crippen LogP contribution in [-0.2, 0) is 6.42 Å². The largest absolute Gasteiger partial charge is 0.478 e. The number of fused-ring (bicyclic) bond motifs is 1. The van der Waals surface area contributed by atoms with E-state index in [4.69, 9.17) is 0 Å². The standard InChI is InChI=1S/C21H22N2O2/c1-5-16-18(21(24)25)8-6-13(4)19(16)14-7-9-17-15(10-14)11-22-23-20(17)12(2)3/h6-12H,5H2,1-4H3,(H,24,25). The lowest BCUT2D eigenvalue weighted by molar-refractivity contribution is 0.0696. The summed E-state index contributed by atoms with van der Waals surface area (Å²) in [5, 5.41) is 20.0. The number of rotatable bonds is 4. The van der Waals surface area contributed by atoms with Gasteiger partial charge in [-0.15, -0.1) is 0 Å². The Morgan fingerprint density at radius 2 is 1.96 bits per heavy atom. The Kier molecular flexibility index (Phi) is 4.53. The molecule has 0 bridgehead atoms. The number of aromatic carboxylic acids is 1. The Bertz CT molecular complexity index is 962. The smallest absolute Gasteiger partial charge is 0.335 e. The van der Waals surface area contributed by atoms with Crippen molar-refractivity contribution in [1.82, 2.24) is 10.2 Å². The molecule has 0 aliphatic carbocycles. The molecule has 0 spiro atoms. The van der Waals surface area contributed by atoms with E-state index in [1.807, 2.05) is 19.9 Å². The molecule has 0 unspecified atom stereocenters. The molecular weight excluding hydrogens is 312 g/mol. The van der Waals surface area contributed by atoms with Crippen molar-refractivity contribution in [3.05, 3.63) is 58.9 Å². The topological polar surface area (TPSA) is 63.1 Å². The minimum absolute atomic E-state index is 0.297. The van der Waals surface area contributed by atoms with Gasteiger partial charge >= 0.3 is 5.97 Å². The maximum Gasteiger partial charge on any atom is 0.335 e. The Labute approximate surface area is 147 Å². The highest BCUT2D eigenvalue weighted by atomic mass is 16.4. The molecule has 0 fully saturated rings. The summed E-state index contributed by atoms with van der Waals surface area (Å²) in [5.74, 6) is -0.586. The quantitative estimate of drug-likeness (QED) is 0.730. The van der Waals surface area contributed by atoms with Gasteiger partial charge in [0.15, 0.2) is 0 Å². The van der Waals surface area contributed by atoms with Gasteiger partial charge < -0.3 is 5.11 Å². The SMILES string of the molecule is CCc1c(C(=O)O)ccc(C)c1-c1ccc2c(C(C)C)nncc2c1. The van der Waals surface area contributed by atoms with Crippen LogP contribution >= 0.6 is 0 Å². The van der Waals surface area contributed by atoms with Crippen LogP contribution in [0.25, 0.3) is 21.9 Å². The number of hydrogen-bond donors (Lipinski definition) is 1. The number of aromatic nitrogens is 2. The summed E-state index contributed by atoms with van der Waals surface area (Å²) >= 11 is 0. The number of carboxylic acid groups (broad SMARTS) is 1. The van der Waals surface area contributed by atoms with Crippen molar-refractivity contribution < 1.29 is 9.90 Å². The summed E-state index contributed by atoms with van der Waals surface area (Å²) < 4.78 is 0. The second-order valence-electron chi connectivity index (χ2n) is 6.63. The molecule has 0 saturated carbocycles. The van der Waals surface area contributed by atoms with E-state index in [2.05, 4.69) is 42.2 Å². The highest BCUT2D eigenvalue weighted by molar-refractivity contribution is 5.95. The number of carboxylic acids is 1. The van der Waals surface area contributed by atoms with Crippen molar-refractivity contribution in [3.8, 4) is 11.1 Å². The normalized spacial score (nSPS) is 11.2. The molecule has 128 valence electrons. The van der Waals surface area contributed by atoms with Crippen molar-refractivity contribution >= 4 is 16.7 Å². The van der Waals surface area contributed by atoms with Crippen molar-refractivity contribution in [2.45, 2.75) is 40.0 Å². The molecule has 0 aliphatic rings. The van der Waals surface area contributed by atoms with Crippen LogP contribution in [-0.4, -0.2) is 21.3 Å². The zero-order valence-corrected chi connectivity index (χ0v) is 15.0. The predicted molar refractivity (Wildman–Crippen MR) is 100 cm³/mol. The highest BCUT2D eigenvalue weighted by Crippen LogP contribution is 2.33. The van der Waals surface area contributed by atoms with Crippen LogP contribution in [0.4, 0.5) is 0 Å². The van der Waals surface area contributed by atoms with Gasteiger partial charge in [0.25, 0.3) is 0 Å². The summed E-state index contributed by atoms with van der Waals surface area (Å²) in [5.41, 5.74) is 5.33. The van der Waals surface area contributed by atoms with Gasteiger partial charge in [-0.3, -0.25) is 0 Å². The highest BCUT2D eigenvalue weighted by Gasteiger charge is 2.17. The van der Waals surface area contributed by atoms with E-state index in [1.54, 1.807) is 12.3 Å². The molecule has 0 aliphatic heterocycles. The maximum absolute atomic E-state index is 11.6. The average Bonchev–Trinajstić information content (AvgIpc) is 2.59. The molecule has 1 aromatic heterocycles. The summed E-state index contributed by atoms with van der Waals surface area (Å²) in [6, 6.07) is 9.79. The van der Waals surface area contributed by atoms with Crippen LogP contribution in [0.2, 0.25) is 0 Å². The van der Waals surface area contributed by atoms with E-state index in [-0.39, 0.29) is 0 Å². The van der Waals surface area contributed by atoms with Gasteiger partial charge in [0.2, 0.25) is 0 Å². The molecule has 0 saturated heterocycles. The Morgan fingerprint density at radius 3 is 2.60 bits per heavy atom. The summed E-state index contributed by atoms with van der Waals surface area (Å²) in [6.07, 6.45) is 2.44. The third-order valence-corrected chi connectivity index (χ3v) is 4.63. The first-order chi connectivity index (χ1) is 11.9. The minimum atomic E-state index is -0.883. The number of nitrogens with zero attached hydrogens (tertiary/aromatic N) is 2. The van der Waals surface area contributed by atoms with Crippen LogP contribution in [0.1, 0.15) is 53.9 Å². The molecule has 0 amide bonds. The fourth-order valence-corrected chi connectivity index (χ4v) is 3.43. The summed E-state index contributed by atoms with van der Waals surface area (Å²) in [4.78, 5) is 11.6. The predicted octanol–water partition coefficient (Wildman–Crippen LogP) is 4.99. The molecule has 3 rings (SSSR count). The molecule has 3 aromatic rings. The number of carbonyl (C=O) groups is 1. The van der Waals surface area contributed by atoms with Gasteiger partial charge in [0.1, 0.15) is 0 Å². The fourth-order valence-electron chi connectivity index (χ4n) is 3.43. The maximum atomic E-state index is 11.6. The van der Waals surface area contributed by atoms with Gasteiger partial charge in [-0.1, -0.05) is 39.0 Å². The Balaban J connectivity index is 2.27. The van der Waals surface area contributed by atoms with E-state index >= 15 is 0 Å². The van der Waals surface area contributed by atoms with Crippen LogP contribution in [0, 0.1) is 6.92 Å². The van der Waals surface area contributed by atoms with E-state index in [1.165, 1.54) is 0 Å². The van der Waals surface area contributed by atoms with E-state index in [0.717, 1.165) is 38.7 Å². The second-order valence-corrected chi connectivity index (χ2v) is 6.63. The molecule has 2 aromatic carbocycles. The lowest BCUT2D eigenvalue weighted by Crippen LogP contribution is -2.05. The molecule has 0 radical (unpaired) electrons.